The first-order valence-corrected chi connectivity index (χ1v) is 24.8. The lowest BCUT2D eigenvalue weighted by Gasteiger charge is -2.33. The minimum absolute atomic E-state index is 0.0613. The molecule has 0 radical (unpaired) electrons. The maximum atomic E-state index is 13.8. The number of fused-ring (bicyclic) bond motifs is 2. The Bertz CT molecular complexity index is 2640. The zero-order valence-electron chi connectivity index (χ0n) is 35.9. The quantitative estimate of drug-likeness (QED) is 0.0742. The Morgan fingerprint density at radius 2 is 1.05 bits per heavy atom. The summed E-state index contributed by atoms with van der Waals surface area (Å²) in [7, 11) is -4.26. The maximum Gasteiger partial charge on any atom is 0.331 e. The summed E-state index contributed by atoms with van der Waals surface area (Å²) >= 11 is 0. The van der Waals surface area contributed by atoms with Crippen LogP contribution in [0.5, 0.6) is 11.8 Å². The molecular formula is C44H54N8O10P2. The average molecular weight is 917 g/mol. The molecule has 2 aliphatic heterocycles. The lowest BCUT2D eigenvalue weighted by Crippen LogP contribution is -2.34. The highest BCUT2D eigenvalue weighted by molar-refractivity contribution is 7.53. The van der Waals surface area contributed by atoms with E-state index in [0.717, 1.165) is 75.2 Å². The molecule has 2 fully saturated rings. The molecule has 0 aliphatic carbocycles. The summed E-state index contributed by atoms with van der Waals surface area (Å²) in [5.74, 6) is 2.72. The largest absolute Gasteiger partial charge is 0.480 e. The molecule has 64 heavy (non-hydrogen) atoms. The van der Waals surface area contributed by atoms with Crippen LogP contribution in [0.3, 0.4) is 0 Å². The highest BCUT2D eigenvalue weighted by Gasteiger charge is 2.29. The van der Waals surface area contributed by atoms with Gasteiger partial charge in [-0.3, -0.25) is 18.7 Å². The van der Waals surface area contributed by atoms with E-state index in [1.165, 1.54) is 14.2 Å². The number of H-pyrrole nitrogens is 2. The second-order valence-corrected chi connectivity index (χ2v) is 19.9. The Balaban J connectivity index is 0.000000211. The van der Waals surface area contributed by atoms with Crippen LogP contribution < -0.4 is 30.4 Å². The number of hydrogen-bond acceptors (Lipinski definition) is 14. The van der Waals surface area contributed by atoms with E-state index in [9.17, 15) is 18.7 Å². The first-order chi connectivity index (χ1) is 30.9. The van der Waals surface area contributed by atoms with Gasteiger partial charge in [-0.15, -0.1) is 0 Å². The molecule has 2 aromatic carbocycles. The molecule has 6 aromatic rings. The van der Waals surface area contributed by atoms with Crippen LogP contribution in [0, 0.1) is 11.8 Å². The standard InChI is InChI=1S/C29H33N4O5P.C15H21N4O5P/c1-36-29-27-25(19-30-32-28(27)34)18-26(31-29)33-15-12-22(13-16-33)14-17-39(35,37-20-23-8-4-2-5-9-23)38-21-24-10-6-3-7-11-24;1-24-15-13-11(9-16-18-14(13)20)8-12(17-15)19-5-2-10(3-6-19)4-7-25(21,22)23/h2-11,18-19,22H,12-17,20-21H2,1H3,(H,32,34);8-10H,2-7H2,1H3,(H,18,20)(H2,21,22,23). The van der Waals surface area contributed by atoms with Crippen molar-refractivity contribution in [2.45, 2.75) is 51.7 Å². The van der Waals surface area contributed by atoms with Gasteiger partial charge in [0.15, 0.2) is 0 Å². The van der Waals surface area contributed by atoms with Crippen LogP contribution in [0.4, 0.5) is 11.6 Å². The predicted octanol–water partition coefficient (Wildman–Crippen LogP) is 6.67. The number of hydrogen-bond donors (Lipinski definition) is 4. The van der Waals surface area contributed by atoms with Crippen molar-refractivity contribution >= 4 is 48.4 Å². The minimum Gasteiger partial charge on any atom is -0.480 e. The maximum absolute atomic E-state index is 13.8. The van der Waals surface area contributed by atoms with Crippen LogP contribution in [0.1, 0.15) is 49.7 Å². The molecule has 0 spiro atoms. The summed E-state index contributed by atoms with van der Waals surface area (Å²) in [6.07, 6.45) is 8.30. The Labute approximate surface area is 370 Å². The van der Waals surface area contributed by atoms with Crippen LogP contribution in [0.25, 0.3) is 21.5 Å². The van der Waals surface area contributed by atoms with Gasteiger partial charge in [0.05, 0.1) is 52.2 Å². The first-order valence-electron chi connectivity index (χ1n) is 21.3. The van der Waals surface area contributed by atoms with E-state index in [1.807, 2.05) is 72.8 Å². The number of ether oxygens (including phenoxy) is 2. The first kappa shape index (κ1) is 46.5. The van der Waals surface area contributed by atoms with Crippen molar-refractivity contribution in [3.8, 4) is 11.8 Å². The number of aromatic amines is 2. The van der Waals surface area contributed by atoms with E-state index >= 15 is 0 Å². The molecule has 0 unspecified atom stereocenters. The molecule has 2 saturated heterocycles. The molecule has 4 aromatic heterocycles. The Hall–Kier alpha value is -5.48. The van der Waals surface area contributed by atoms with Crippen LogP contribution in [0.2, 0.25) is 0 Å². The van der Waals surface area contributed by atoms with Crippen molar-refractivity contribution in [3.05, 3.63) is 117 Å². The van der Waals surface area contributed by atoms with Crippen molar-refractivity contribution < 1.29 is 37.4 Å². The van der Waals surface area contributed by atoms with Crippen LogP contribution in [0.15, 0.2) is 94.8 Å². The van der Waals surface area contributed by atoms with Gasteiger partial charge in [0.2, 0.25) is 11.8 Å². The van der Waals surface area contributed by atoms with Crippen LogP contribution in [-0.2, 0) is 31.4 Å². The third kappa shape index (κ3) is 12.4. The third-order valence-corrected chi connectivity index (χ3v) is 14.3. The zero-order chi connectivity index (χ0) is 45.1. The normalized spacial score (nSPS) is 15.2. The van der Waals surface area contributed by atoms with E-state index in [0.29, 0.717) is 57.7 Å². The molecule has 8 rings (SSSR count). The zero-order valence-corrected chi connectivity index (χ0v) is 37.7. The number of methoxy groups -OCH3 is 2. The van der Waals surface area contributed by atoms with Gasteiger partial charge in [-0.2, -0.15) is 20.2 Å². The van der Waals surface area contributed by atoms with Gasteiger partial charge < -0.3 is 38.1 Å². The Kier molecular flexibility index (Phi) is 15.6. The number of rotatable bonds is 16. The van der Waals surface area contributed by atoms with Gasteiger partial charge >= 0.3 is 15.2 Å². The average Bonchev–Trinajstić information content (AvgIpc) is 3.32. The van der Waals surface area contributed by atoms with E-state index < -0.39 is 15.2 Å². The summed E-state index contributed by atoms with van der Waals surface area (Å²) in [4.78, 5) is 55.5. The second-order valence-electron chi connectivity index (χ2n) is 16.0. The Morgan fingerprint density at radius 3 is 1.44 bits per heavy atom. The fourth-order valence-corrected chi connectivity index (χ4v) is 10.4. The SMILES string of the molecule is COc1nc(N2CCC(CCP(=O)(O)O)CC2)cc2cn[nH]c(=O)c12.COc1nc(N2CCC(CCP(=O)(OCc3ccccc3)OCc3ccccc3)CC2)cc2cn[nH]c(=O)c12. The molecule has 4 N–H and O–H groups in total. The van der Waals surface area contributed by atoms with E-state index in [4.69, 9.17) is 28.3 Å². The monoisotopic (exact) mass is 916 g/mol. The van der Waals surface area contributed by atoms with Gasteiger partial charge in [-0.25, -0.2) is 10.2 Å². The summed E-state index contributed by atoms with van der Waals surface area (Å²) in [5, 5.41) is 14.7. The highest BCUT2D eigenvalue weighted by atomic mass is 31.2. The third-order valence-electron chi connectivity index (χ3n) is 11.6. The summed E-state index contributed by atoms with van der Waals surface area (Å²) in [6.45, 7) is 3.57. The highest BCUT2D eigenvalue weighted by Crippen LogP contribution is 2.51. The van der Waals surface area contributed by atoms with Gasteiger partial charge in [0.25, 0.3) is 11.1 Å². The number of nitrogens with one attached hydrogen (secondary N) is 2. The van der Waals surface area contributed by atoms with Crippen molar-refractivity contribution in [1.82, 2.24) is 30.4 Å². The number of pyridine rings is 2. The molecule has 18 nitrogen and oxygen atoms in total. The smallest absolute Gasteiger partial charge is 0.331 e. The van der Waals surface area contributed by atoms with Crippen molar-refractivity contribution in [2.75, 3.05) is 62.5 Å². The number of anilines is 2. The fourth-order valence-electron chi connectivity index (χ4n) is 8.02. The van der Waals surface area contributed by atoms with Gasteiger partial charge in [-0.05, 0) is 73.6 Å². The number of nitrogens with zero attached hydrogens (tertiary/aromatic N) is 6. The van der Waals surface area contributed by atoms with Crippen LogP contribution in [-0.4, -0.2) is 92.9 Å². The molecule has 0 saturated carbocycles. The lowest BCUT2D eigenvalue weighted by atomic mass is 9.94. The summed E-state index contributed by atoms with van der Waals surface area (Å²) < 4.78 is 47.4. The van der Waals surface area contributed by atoms with Crippen LogP contribution >= 0.6 is 15.2 Å². The van der Waals surface area contributed by atoms with Crippen molar-refractivity contribution in [1.29, 1.82) is 0 Å². The molecule has 0 amide bonds. The minimum atomic E-state index is -3.93. The fraction of sp³-hybridized carbons (Fsp3) is 0.409. The molecule has 0 bridgehead atoms. The lowest BCUT2D eigenvalue weighted by molar-refractivity contribution is 0.188. The van der Waals surface area contributed by atoms with E-state index in [-0.39, 0.29) is 36.4 Å². The molecule has 2 aliphatic rings. The van der Waals surface area contributed by atoms with E-state index in [2.05, 4.69) is 40.2 Å². The van der Waals surface area contributed by atoms with E-state index in [1.54, 1.807) is 12.4 Å². The number of piperidine rings is 2. The molecule has 6 heterocycles. The molecule has 0 atom stereocenters. The predicted molar refractivity (Wildman–Crippen MR) is 244 cm³/mol. The van der Waals surface area contributed by atoms with Gasteiger partial charge in [0, 0.05) is 37.0 Å². The summed E-state index contributed by atoms with van der Waals surface area (Å²) in [6, 6.07) is 23.2. The van der Waals surface area contributed by atoms with Crippen molar-refractivity contribution in [3.63, 3.8) is 0 Å². The molecule has 20 heteroatoms. The topological polar surface area (TPSA) is 235 Å². The number of aromatic nitrogens is 6. The number of benzene rings is 2. The molecular weight excluding hydrogens is 862 g/mol. The van der Waals surface area contributed by atoms with Crippen molar-refractivity contribution in [2.24, 2.45) is 11.8 Å². The van der Waals surface area contributed by atoms with Gasteiger partial charge in [0.1, 0.15) is 22.4 Å². The second kappa shape index (κ2) is 21.5. The van der Waals surface area contributed by atoms with Gasteiger partial charge in [-0.1, -0.05) is 60.7 Å². The summed E-state index contributed by atoms with van der Waals surface area (Å²) in [5.41, 5.74) is 1.26. The molecule has 340 valence electrons. The Morgan fingerprint density at radius 1 is 0.641 bits per heavy atom.